The van der Waals surface area contributed by atoms with Crippen molar-refractivity contribution >= 4 is 10.8 Å². The van der Waals surface area contributed by atoms with E-state index in [1.54, 1.807) is 18.6 Å². The van der Waals surface area contributed by atoms with Crippen LogP contribution in [0.15, 0.2) is 61.2 Å². The van der Waals surface area contributed by atoms with Gasteiger partial charge in [0, 0.05) is 36.6 Å². The Morgan fingerprint density at radius 2 is 1.74 bits per heavy atom. The Balaban J connectivity index is 1.96. The molecule has 0 amide bonds. The normalized spacial score (nSPS) is 12.5. The van der Waals surface area contributed by atoms with E-state index in [0.29, 0.717) is 6.42 Å². The summed E-state index contributed by atoms with van der Waals surface area (Å²) < 4.78 is 0. The Kier molecular flexibility index (Phi) is 3.21. The van der Waals surface area contributed by atoms with E-state index in [2.05, 4.69) is 9.97 Å². The van der Waals surface area contributed by atoms with Crippen LogP contribution >= 0.6 is 0 Å². The number of aliphatic hydroxyl groups is 1. The molecule has 0 radical (unpaired) electrons. The topological polar surface area (TPSA) is 46.0 Å². The molecule has 0 aliphatic carbocycles. The molecule has 0 spiro atoms. The third-order valence-corrected chi connectivity index (χ3v) is 3.25. The highest BCUT2D eigenvalue weighted by molar-refractivity contribution is 5.85. The number of benzene rings is 1. The molecule has 0 aliphatic heterocycles. The Hall–Kier alpha value is -2.26. The smallest absolute Gasteiger partial charge is 0.0836 e. The van der Waals surface area contributed by atoms with Gasteiger partial charge in [0.15, 0.2) is 0 Å². The molecule has 0 saturated carbocycles. The Morgan fingerprint density at radius 3 is 2.58 bits per heavy atom. The molecule has 19 heavy (non-hydrogen) atoms. The second kappa shape index (κ2) is 5.16. The number of hydrogen-bond acceptors (Lipinski definition) is 3. The van der Waals surface area contributed by atoms with Crippen molar-refractivity contribution in [2.45, 2.75) is 12.5 Å². The molecule has 0 saturated heterocycles. The molecule has 0 aliphatic rings. The van der Waals surface area contributed by atoms with E-state index in [4.69, 9.17) is 0 Å². The quantitative estimate of drug-likeness (QED) is 0.777. The van der Waals surface area contributed by atoms with Crippen LogP contribution in [0.3, 0.4) is 0 Å². The predicted octanol–water partition coefficient (Wildman–Crippen LogP) is 2.91. The van der Waals surface area contributed by atoms with Gasteiger partial charge in [-0.1, -0.05) is 18.2 Å². The molecule has 2 aromatic heterocycles. The molecule has 0 bridgehead atoms. The minimum Gasteiger partial charge on any atom is -0.388 e. The molecule has 3 nitrogen and oxygen atoms in total. The minimum absolute atomic E-state index is 0.520. The summed E-state index contributed by atoms with van der Waals surface area (Å²) in [5.41, 5.74) is 2.02. The molecule has 1 aromatic carbocycles. The standard InChI is InChI=1S/C16H14N2O/c19-16(10-12-4-7-17-8-5-12)15-3-1-2-13-11-18-9-6-14(13)15/h1-9,11,16,19H,10H2. The Labute approximate surface area is 111 Å². The zero-order valence-electron chi connectivity index (χ0n) is 10.4. The summed E-state index contributed by atoms with van der Waals surface area (Å²) >= 11 is 0. The lowest BCUT2D eigenvalue weighted by Gasteiger charge is -2.13. The fourth-order valence-electron chi connectivity index (χ4n) is 2.29. The van der Waals surface area contributed by atoms with Crippen LogP contribution in [0, 0.1) is 0 Å². The molecule has 1 atom stereocenters. The molecule has 1 N–H and O–H groups in total. The van der Waals surface area contributed by atoms with Crippen LogP contribution in [0.5, 0.6) is 0 Å². The van der Waals surface area contributed by atoms with E-state index in [1.807, 2.05) is 42.6 Å². The van der Waals surface area contributed by atoms with Gasteiger partial charge in [0.05, 0.1) is 6.10 Å². The number of hydrogen-bond donors (Lipinski definition) is 1. The summed E-state index contributed by atoms with van der Waals surface area (Å²) in [5, 5.41) is 12.5. The predicted molar refractivity (Wildman–Crippen MR) is 74.6 cm³/mol. The van der Waals surface area contributed by atoms with Gasteiger partial charge in [-0.2, -0.15) is 0 Å². The Morgan fingerprint density at radius 1 is 0.947 bits per heavy atom. The lowest BCUT2D eigenvalue weighted by Crippen LogP contribution is -2.02. The average Bonchev–Trinajstić information content (AvgIpc) is 2.47. The number of nitrogens with zero attached hydrogens (tertiary/aromatic N) is 2. The molecular formula is C16H14N2O. The van der Waals surface area contributed by atoms with Gasteiger partial charge in [0.25, 0.3) is 0 Å². The first kappa shape index (κ1) is 11.8. The van der Waals surface area contributed by atoms with Crippen LogP contribution in [0.25, 0.3) is 10.8 Å². The maximum Gasteiger partial charge on any atom is 0.0836 e. The zero-order valence-corrected chi connectivity index (χ0v) is 10.4. The minimum atomic E-state index is -0.520. The van der Waals surface area contributed by atoms with Crippen LogP contribution in [0.2, 0.25) is 0 Å². The molecule has 3 rings (SSSR count). The fraction of sp³-hybridized carbons (Fsp3) is 0.125. The number of fused-ring (bicyclic) bond motifs is 1. The van der Waals surface area contributed by atoms with Gasteiger partial charge in [-0.05, 0) is 34.7 Å². The average molecular weight is 250 g/mol. The summed E-state index contributed by atoms with van der Waals surface area (Å²) in [5.74, 6) is 0. The molecule has 2 heterocycles. The molecule has 94 valence electrons. The van der Waals surface area contributed by atoms with Gasteiger partial charge < -0.3 is 5.11 Å². The van der Waals surface area contributed by atoms with Crippen LogP contribution < -0.4 is 0 Å². The summed E-state index contributed by atoms with van der Waals surface area (Å²) in [6, 6.07) is 11.7. The van der Waals surface area contributed by atoms with Crippen LogP contribution in [0.1, 0.15) is 17.2 Å². The number of pyridine rings is 2. The first-order chi connectivity index (χ1) is 9.34. The molecular weight excluding hydrogens is 236 g/mol. The highest BCUT2D eigenvalue weighted by Gasteiger charge is 2.11. The second-order valence-corrected chi connectivity index (χ2v) is 4.52. The Bertz CT molecular complexity index is 677. The van der Waals surface area contributed by atoms with E-state index in [9.17, 15) is 5.11 Å². The van der Waals surface area contributed by atoms with E-state index in [1.165, 1.54) is 0 Å². The van der Waals surface area contributed by atoms with Gasteiger partial charge in [-0.25, -0.2) is 0 Å². The SMILES string of the molecule is OC(Cc1ccncc1)c1cccc2cnccc12. The largest absolute Gasteiger partial charge is 0.388 e. The van der Waals surface area contributed by atoms with E-state index in [0.717, 1.165) is 21.9 Å². The highest BCUT2D eigenvalue weighted by Crippen LogP contribution is 2.25. The van der Waals surface area contributed by atoms with Crippen molar-refractivity contribution in [2.24, 2.45) is 0 Å². The monoisotopic (exact) mass is 250 g/mol. The lowest BCUT2D eigenvalue weighted by atomic mass is 9.97. The summed E-state index contributed by atoms with van der Waals surface area (Å²) in [6.07, 6.45) is 7.13. The molecule has 0 fully saturated rings. The van der Waals surface area contributed by atoms with Crippen molar-refractivity contribution in [3.05, 3.63) is 72.3 Å². The van der Waals surface area contributed by atoms with E-state index >= 15 is 0 Å². The van der Waals surface area contributed by atoms with Crippen molar-refractivity contribution in [1.82, 2.24) is 9.97 Å². The van der Waals surface area contributed by atoms with Gasteiger partial charge >= 0.3 is 0 Å². The number of aliphatic hydroxyl groups excluding tert-OH is 1. The van der Waals surface area contributed by atoms with Gasteiger partial charge in [-0.3, -0.25) is 9.97 Å². The van der Waals surface area contributed by atoms with Crippen LogP contribution in [-0.2, 0) is 6.42 Å². The lowest BCUT2D eigenvalue weighted by molar-refractivity contribution is 0.180. The van der Waals surface area contributed by atoms with Crippen LogP contribution in [-0.4, -0.2) is 15.1 Å². The molecule has 3 heteroatoms. The summed E-state index contributed by atoms with van der Waals surface area (Å²) in [6.45, 7) is 0. The van der Waals surface area contributed by atoms with Gasteiger partial charge in [0.1, 0.15) is 0 Å². The summed E-state index contributed by atoms with van der Waals surface area (Å²) in [7, 11) is 0. The van der Waals surface area contributed by atoms with Crippen molar-refractivity contribution in [2.75, 3.05) is 0 Å². The van der Waals surface area contributed by atoms with Crippen LogP contribution in [0.4, 0.5) is 0 Å². The number of aromatic nitrogens is 2. The molecule has 1 unspecified atom stereocenters. The van der Waals surface area contributed by atoms with E-state index in [-0.39, 0.29) is 0 Å². The first-order valence-electron chi connectivity index (χ1n) is 6.24. The highest BCUT2D eigenvalue weighted by atomic mass is 16.3. The maximum absolute atomic E-state index is 10.4. The van der Waals surface area contributed by atoms with Gasteiger partial charge in [-0.15, -0.1) is 0 Å². The molecule has 3 aromatic rings. The maximum atomic E-state index is 10.4. The van der Waals surface area contributed by atoms with Crippen molar-refractivity contribution in [1.29, 1.82) is 0 Å². The van der Waals surface area contributed by atoms with Crippen molar-refractivity contribution in [3.8, 4) is 0 Å². The third-order valence-electron chi connectivity index (χ3n) is 3.25. The number of rotatable bonds is 3. The first-order valence-corrected chi connectivity index (χ1v) is 6.24. The van der Waals surface area contributed by atoms with Crippen molar-refractivity contribution < 1.29 is 5.11 Å². The summed E-state index contributed by atoms with van der Waals surface area (Å²) in [4.78, 5) is 8.09. The second-order valence-electron chi connectivity index (χ2n) is 4.52. The zero-order chi connectivity index (χ0) is 13.1. The fourth-order valence-corrected chi connectivity index (χ4v) is 2.29. The van der Waals surface area contributed by atoms with Crippen molar-refractivity contribution in [3.63, 3.8) is 0 Å². The van der Waals surface area contributed by atoms with Gasteiger partial charge in [0.2, 0.25) is 0 Å². The van der Waals surface area contributed by atoms with E-state index < -0.39 is 6.10 Å². The third kappa shape index (κ3) is 2.46.